The van der Waals surface area contributed by atoms with E-state index in [2.05, 4.69) is 36.9 Å². The lowest BCUT2D eigenvalue weighted by molar-refractivity contribution is -0.169. The first-order valence-corrected chi connectivity index (χ1v) is 6.79. The normalized spacial score (nSPS) is 22.7. The highest BCUT2D eigenvalue weighted by molar-refractivity contribution is 5.54. The number of nitrogens with zero attached hydrogens (tertiary/aromatic N) is 1. The summed E-state index contributed by atoms with van der Waals surface area (Å²) in [5.41, 5.74) is 4.04. The van der Waals surface area contributed by atoms with Crippen LogP contribution in [0.1, 0.15) is 24.0 Å². The summed E-state index contributed by atoms with van der Waals surface area (Å²) in [6.45, 7) is 7.87. The minimum atomic E-state index is -0.269. The van der Waals surface area contributed by atoms with Gasteiger partial charge in [-0.3, -0.25) is 0 Å². The van der Waals surface area contributed by atoms with Crippen molar-refractivity contribution >= 4 is 5.69 Å². The zero-order chi connectivity index (χ0) is 12.6. The molecule has 98 valence electrons. The van der Waals surface area contributed by atoms with E-state index in [0.29, 0.717) is 0 Å². The van der Waals surface area contributed by atoms with Crippen molar-refractivity contribution in [2.24, 2.45) is 0 Å². The van der Waals surface area contributed by atoms with Gasteiger partial charge in [-0.2, -0.15) is 0 Å². The molecule has 0 unspecified atom stereocenters. The minimum Gasteiger partial charge on any atom is -0.371 e. The van der Waals surface area contributed by atoms with Gasteiger partial charge in [-0.15, -0.1) is 0 Å². The molecule has 2 heterocycles. The van der Waals surface area contributed by atoms with Gasteiger partial charge in [0, 0.05) is 31.6 Å². The topological polar surface area (TPSA) is 21.7 Å². The molecule has 0 amide bonds. The Morgan fingerprint density at radius 1 is 1.06 bits per heavy atom. The lowest BCUT2D eigenvalue weighted by Crippen LogP contribution is -2.45. The predicted molar refractivity (Wildman–Crippen MR) is 72.0 cm³/mol. The number of aryl methyl sites for hydroxylation is 2. The Hall–Kier alpha value is -1.06. The van der Waals surface area contributed by atoms with Crippen LogP contribution in [0.3, 0.4) is 0 Å². The van der Waals surface area contributed by atoms with Crippen molar-refractivity contribution in [2.45, 2.75) is 32.5 Å². The Balaban J connectivity index is 1.72. The Bertz CT molecular complexity index is 428. The Morgan fingerprint density at radius 3 is 2.33 bits per heavy atom. The fraction of sp³-hybridized carbons (Fsp3) is 0.600. The fourth-order valence-electron chi connectivity index (χ4n) is 3.03. The number of benzene rings is 1. The van der Waals surface area contributed by atoms with Crippen LogP contribution >= 0.6 is 0 Å². The van der Waals surface area contributed by atoms with Crippen molar-refractivity contribution in [3.05, 3.63) is 29.3 Å². The predicted octanol–water partition coefficient (Wildman–Crippen LogP) is 2.65. The molecule has 0 aliphatic carbocycles. The third-order valence-corrected chi connectivity index (χ3v) is 4.03. The molecule has 1 spiro atoms. The molecule has 2 aliphatic heterocycles. The van der Waals surface area contributed by atoms with E-state index in [1.165, 1.54) is 16.8 Å². The van der Waals surface area contributed by atoms with Crippen LogP contribution in [0.15, 0.2) is 18.2 Å². The molecule has 2 aliphatic rings. The molecule has 3 rings (SSSR count). The van der Waals surface area contributed by atoms with Gasteiger partial charge in [0.1, 0.15) is 0 Å². The third-order valence-electron chi connectivity index (χ3n) is 4.03. The monoisotopic (exact) mass is 247 g/mol. The van der Waals surface area contributed by atoms with E-state index in [1.54, 1.807) is 0 Å². The molecule has 0 saturated carbocycles. The summed E-state index contributed by atoms with van der Waals surface area (Å²) in [7, 11) is 0. The molecule has 3 heteroatoms. The zero-order valence-electron chi connectivity index (χ0n) is 11.2. The number of hydrogen-bond acceptors (Lipinski definition) is 3. The first-order valence-electron chi connectivity index (χ1n) is 6.79. The number of ether oxygens (including phenoxy) is 2. The van der Waals surface area contributed by atoms with Gasteiger partial charge in [-0.1, -0.05) is 17.7 Å². The van der Waals surface area contributed by atoms with Crippen LogP contribution < -0.4 is 4.90 Å². The van der Waals surface area contributed by atoms with Gasteiger partial charge in [-0.05, 0) is 25.5 Å². The fourth-order valence-corrected chi connectivity index (χ4v) is 3.03. The molecule has 0 radical (unpaired) electrons. The smallest absolute Gasteiger partial charge is 0.171 e. The first-order chi connectivity index (χ1) is 8.69. The third kappa shape index (κ3) is 2.13. The summed E-state index contributed by atoms with van der Waals surface area (Å²) in [5, 5.41) is 0. The summed E-state index contributed by atoms with van der Waals surface area (Å²) >= 11 is 0. The van der Waals surface area contributed by atoms with Crippen LogP contribution in [0.2, 0.25) is 0 Å². The molecule has 0 bridgehead atoms. The van der Waals surface area contributed by atoms with Crippen molar-refractivity contribution in [1.82, 2.24) is 0 Å². The summed E-state index contributed by atoms with van der Waals surface area (Å²) in [4.78, 5) is 2.45. The van der Waals surface area contributed by atoms with Crippen molar-refractivity contribution in [3.63, 3.8) is 0 Å². The molecule has 18 heavy (non-hydrogen) atoms. The maximum absolute atomic E-state index is 5.77. The zero-order valence-corrected chi connectivity index (χ0v) is 11.2. The SMILES string of the molecule is Cc1ccc(N2CCC3(CC2)OCCO3)c(C)c1. The summed E-state index contributed by atoms with van der Waals surface area (Å²) in [5.74, 6) is -0.269. The molecular weight excluding hydrogens is 226 g/mol. The number of piperidine rings is 1. The highest BCUT2D eigenvalue weighted by atomic mass is 16.7. The second-order valence-corrected chi connectivity index (χ2v) is 5.38. The highest BCUT2D eigenvalue weighted by Crippen LogP contribution is 2.34. The van der Waals surface area contributed by atoms with Gasteiger partial charge < -0.3 is 14.4 Å². The minimum absolute atomic E-state index is 0.269. The van der Waals surface area contributed by atoms with E-state index >= 15 is 0 Å². The van der Waals surface area contributed by atoms with Gasteiger partial charge in [0.2, 0.25) is 0 Å². The van der Waals surface area contributed by atoms with Gasteiger partial charge >= 0.3 is 0 Å². The Morgan fingerprint density at radius 2 is 1.72 bits per heavy atom. The maximum atomic E-state index is 5.77. The Kier molecular flexibility index (Phi) is 3.04. The van der Waals surface area contributed by atoms with Crippen LogP contribution in [0.5, 0.6) is 0 Å². The average Bonchev–Trinajstić information content (AvgIpc) is 2.80. The summed E-state index contributed by atoms with van der Waals surface area (Å²) in [6, 6.07) is 6.68. The summed E-state index contributed by atoms with van der Waals surface area (Å²) in [6.07, 6.45) is 1.95. The molecule has 3 nitrogen and oxygen atoms in total. The molecule has 1 aromatic rings. The highest BCUT2D eigenvalue weighted by Gasteiger charge is 2.39. The van der Waals surface area contributed by atoms with Crippen molar-refractivity contribution in [2.75, 3.05) is 31.2 Å². The molecule has 0 aromatic heterocycles. The Labute approximate surface area is 109 Å². The lowest BCUT2D eigenvalue weighted by atomic mass is 10.0. The molecule has 0 N–H and O–H groups in total. The van der Waals surface area contributed by atoms with Gasteiger partial charge in [0.15, 0.2) is 5.79 Å². The van der Waals surface area contributed by atoms with Crippen LogP contribution in [-0.4, -0.2) is 32.1 Å². The standard InChI is InChI=1S/C15H21NO2/c1-12-3-4-14(13(2)11-12)16-7-5-15(6-8-16)17-9-10-18-15/h3-4,11H,5-10H2,1-2H3. The van der Waals surface area contributed by atoms with Crippen molar-refractivity contribution < 1.29 is 9.47 Å². The van der Waals surface area contributed by atoms with E-state index in [0.717, 1.165) is 39.1 Å². The van der Waals surface area contributed by atoms with E-state index in [1.807, 2.05) is 0 Å². The summed E-state index contributed by atoms with van der Waals surface area (Å²) < 4.78 is 11.5. The average molecular weight is 247 g/mol. The van der Waals surface area contributed by atoms with Gasteiger partial charge in [-0.25, -0.2) is 0 Å². The van der Waals surface area contributed by atoms with Crippen molar-refractivity contribution in [1.29, 1.82) is 0 Å². The number of rotatable bonds is 1. The quantitative estimate of drug-likeness (QED) is 0.761. The first kappa shape index (κ1) is 12.0. The molecule has 2 fully saturated rings. The maximum Gasteiger partial charge on any atom is 0.171 e. The molecule has 0 atom stereocenters. The van der Waals surface area contributed by atoms with E-state index in [-0.39, 0.29) is 5.79 Å². The van der Waals surface area contributed by atoms with E-state index < -0.39 is 0 Å². The number of anilines is 1. The molecular formula is C15H21NO2. The van der Waals surface area contributed by atoms with Crippen LogP contribution in [0.25, 0.3) is 0 Å². The van der Waals surface area contributed by atoms with E-state index in [4.69, 9.17) is 9.47 Å². The van der Waals surface area contributed by atoms with Gasteiger partial charge in [0.25, 0.3) is 0 Å². The van der Waals surface area contributed by atoms with E-state index in [9.17, 15) is 0 Å². The second-order valence-electron chi connectivity index (χ2n) is 5.38. The lowest BCUT2D eigenvalue weighted by Gasteiger charge is -2.39. The molecule has 1 aromatic carbocycles. The largest absolute Gasteiger partial charge is 0.371 e. The van der Waals surface area contributed by atoms with Gasteiger partial charge in [0.05, 0.1) is 13.2 Å². The second kappa shape index (κ2) is 4.56. The van der Waals surface area contributed by atoms with Crippen LogP contribution in [-0.2, 0) is 9.47 Å². The number of hydrogen-bond donors (Lipinski definition) is 0. The van der Waals surface area contributed by atoms with Crippen molar-refractivity contribution in [3.8, 4) is 0 Å². The van der Waals surface area contributed by atoms with Crippen LogP contribution in [0, 0.1) is 13.8 Å². The van der Waals surface area contributed by atoms with Crippen LogP contribution in [0.4, 0.5) is 5.69 Å². The molecule has 2 saturated heterocycles.